The van der Waals surface area contributed by atoms with Gasteiger partial charge in [0.15, 0.2) is 0 Å². The van der Waals surface area contributed by atoms with Crippen molar-refractivity contribution in [2.45, 2.75) is 70.8 Å². The minimum Gasteiger partial charge on any atom is -0.352 e. The Labute approximate surface area is 128 Å². The summed E-state index contributed by atoms with van der Waals surface area (Å²) < 4.78 is 0. The Morgan fingerprint density at radius 3 is 2.62 bits per heavy atom. The van der Waals surface area contributed by atoms with Gasteiger partial charge in [-0.2, -0.15) is 0 Å². The lowest BCUT2D eigenvalue weighted by atomic mass is 9.97. The number of allylic oxidation sites excluding steroid dienone is 1. The van der Waals surface area contributed by atoms with E-state index in [0.717, 1.165) is 32.1 Å². The minimum atomic E-state index is -0.00650. The number of rotatable bonds is 6. The van der Waals surface area contributed by atoms with Crippen LogP contribution in [0, 0.1) is 0 Å². The Morgan fingerprint density at radius 1 is 1.24 bits per heavy atom. The van der Waals surface area contributed by atoms with Gasteiger partial charge in [0.2, 0.25) is 11.8 Å². The van der Waals surface area contributed by atoms with E-state index in [1.807, 2.05) is 0 Å². The van der Waals surface area contributed by atoms with Gasteiger partial charge in [-0.15, -0.1) is 0 Å². The van der Waals surface area contributed by atoms with Gasteiger partial charge in [-0.25, -0.2) is 0 Å². The first kappa shape index (κ1) is 16.1. The third-order valence-electron chi connectivity index (χ3n) is 4.59. The molecular weight excluding hydrogens is 264 g/mol. The topological polar surface area (TPSA) is 49.4 Å². The van der Waals surface area contributed by atoms with E-state index < -0.39 is 0 Å². The van der Waals surface area contributed by atoms with Crippen LogP contribution in [0.25, 0.3) is 0 Å². The van der Waals surface area contributed by atoms with Crippen molar-refractivity contribution in [1.29, 1.82) is 0 Å². The molecule has 21 heavy (non-hydrogen) atoms. The maximum atomic E-state index is 12.0. The Bertz CT molecular complexity index is 398. The van der Waals surface area contributed by atoms with E-state index in [1.165, 1.54) is 31.3 Å². The Balaban J connectivity index is 1.76. The lowest BCUT2D eigenvalue weighted by molar-refractivity contribution is -0.134. The van der Waals surface area contributed by atoms with E-state index in [9.17, 15) is 9.59 Å². The molecule has 0 aromatic heterocycles. The monoisotopic (exact) mass is 292 g/mol. The van der Waals surface area contributed by atoms with Crippen molar-refractivity contribution < 1.29 is 9.59 Å². The molecule has 2 amide bonds. The highest BCUT2D eigenvalue weighted by atomic mass is 16.2. The Kier molecular flexibility index (Phi) is 6.27. The molecule has 2 aliphatic rings. The molecule has 0 saturated heterocycles. The second-order valence-electron chi connectivity index (χ2n) is 6.35. The zero-order valence-corrected chi connectivity index (χ0v) is 13.2. The molecule has 1 N–H and O–H groups in total. The lowest BCUT2D eigenvalue weighted by Gasteiger charge is -2.23. The van der Waals surface area contributed by atoms with Crippen LogP contribution in [-0.2, 0) is 9.59 Å². The number of carbonyl (C=O) groups excluding carboxylic acids is 2. The molecule has 118 valence electrons. The summed E-state index contributed by atoms with van der Waals surface area (Å²) in [5, 5.41) is 3.05. The highest BCUT2D eigenvalue weighted by Gasteiger charge is 2.20. The van der Waals surface area contributed by atoms with E-state index in [4.69, 9.17) is 0 Å². The van der Waals surface area contributed by atoms with E-state index >= 15 is 0 Å². The van der Waals surface area contributed by atoms with Crippen molar-refractivity contribution in [3.63, 3.8) is 0 Å². The molecule has 1 fully saturated rings. The number of nitrogens with zero attached hydrogens (tertiary/aromatic N) is 1. The largest absolute Gasteiger partial charge is 0.352 e. The first-order valence-corrected chi connectivity index (χ1v) is 8.38. The maximum Gasteiger partial charge on any atom is 0.239 e. The summed E-state index contributed by atoms with van der Waals surface area (Å²) in [4.78, 5) is 25.4. The van der Waals surface area contributed by atoms with Gasteiger partial charge in [0, 0.05) is 19.5 Å². The zero-order chi connectivity index (χ0) is 15.1. The molecule has 0 aliphatic heterocycles. The zero-order valence-electron chi connectivity index (χ0n) is 13.2. The van der Waals surface area contributed by atoms with Crippen LogP contribution in [-0.4, -0.2) is 35.8 Å². The van der Waals surface area contributed by atoms with E-state index in [2.05, 4.69) is 11.4 Å². The highest BCUT2D eigenvalue weighted by Crippen LogP contribution is 2.20. The van der Waals surface area contributed by atoms with Crippen molar-refractivity contribution in [2.75, 3.05) is 13.1 Å². The number of carbonyl (C=O) groups is 2. The molecule has 0 spiro atoms. The molecular formula is C17H28N2O2. The molecule has 0 aromatic carbocycles. The summed E-state index contributed by atoms with van der Waals surface area (Å²) in [7, 11) is 0. The molecule has 1 saturated carbocycles. The van der Waals surface area contributed by atoms with Crippen molar-refractivity contribution in [2.24, 2.45) is 0 Å². The summed E-state index contributed by atoms with van der Waals surface area (Å²) in [6.07, 6.45) is 12.6. The Hall–Kier alpha value is -1.32. The average Bonchev–Trinajstić information content (AvgIpc) is 2.97. The van der Waals surface area contributed by atoms with Gasteiger partial charge in [0.1, 0.15) is 0 Å². The van der Waals surface area contributed by atoms with Crippen LogP contribution in [0.2, 0.25) is 0 Å². The summed E-state index contributed by atoms with van der Waals surface area (Å²) >= 11 is 0. The third kappa shape index (κ3) is 5.52. The van der Waals surface area contributed by atoms with Crippen molar-refractivity contribution >= 4 is 11.8 Å². The molecule has 4 nitrogen and oxygen atoms in total. The van der Waals surface area contributed by atoms with E-state index in [0.29, 0.717) is 12.6 Å². The predicted molar refractivity (Wildman–Crippen MR) is 83.8 cm³/mol. The van der Waals surface area contributed by atoms with Gasteiger partial charge in [0.25, 0.3) is 0 Å². The van der Waals surface area contributed by atoms with Crippen LogP contribution in [0.15, 0.2) is 11.6 Å². The van der Waals surface area contributed by atoms with Crippen LogP contribution in [0.1, 0.15) is 64.7 Å². The fraction of sp³-hybridized carbons (Fsp3) is 0.765. The van der Waals surface area contributed by atoms with Crippen molar-refractivity contribution in [3.05, 3.63) is 11.6 Å². The van der Waals surface area contributed by atoms with Gasteiger partial charge in [0.05, 0.1) is 6.54 Å². The lowest BCUT2D eigenvalue weighted by Crippen LogP contribution is -2.43. The fourth-order valence-electron chi connectivity index (χ4n) is 3.27. The molecule has 0 heterocycles. The van der Waals surface area contributed by atoms with Crippen molar-refractivity contribution in [3.8, 4) is 0 Å². The predicted octanol–water partition coefficient (Wildman–Crippen LogP) is 2.78. The first-order chi connectivity index (χ1) is 10.1. The fourth-order valence-corrected chi connectivity index (χ4v) is 3.27. The maximum absolute atomic E-state index is 12.0. The van der Waals surface area contributed by atoms with Crippen LogP contribution in [0.5, 0.6) is 0 Å². The Morgan fingerprint density at radius 2 is 2.00 bits per heavy atom. The molecule has 0 unspecified atom stereocenters. The third-order valence-corrected chi connectivity index (χ3v) is 4.59. The number of hydrogen-bond donors (Lipinski definition) is 1. The van der Waals surface area contributed by atoms with Crippen LogP contribution >= 0.6 is 0 Å². The van der Waals surface area contributed by atoms with E-state index in [-0.39, 0.29) is 18.4 Å². The van der Waals surface area contributed by atoms with Gasteiger partial charge < -0.3 is 10.2 Å². The van der Waals surface area contributed by atoms with Crippen LogP contribution in [0.4, 0.5) is 0 Å². The molecule has 0 radical (unpaired) electrons. The average molecular weight is 292 g/mol. The summed E-state index contributed by atoms with van der Waals surface area (Å²) in [6, 6.07) is 0.326. The standard InChI is InChI=1S/C17H28N2O2/c1-14(20)19(12-11-15-7-3-2-4-8-15)13-17(21)18-16-9-5-6-10-16/h7,16H,2-6,8-13H2,1H3,(H,18,21). The first-order valence-electron chi connectivity index (χ1n) is 8.38. The summed E-state index contributed by atoms with van der Waals surface area (Å²) in [5.74, 6) is -0.0114. The second-order valence-corrected chi connectivity index (χ2v) is 6.35. The van der Waals surface area contributed by atoms with Crippen LogP contribution < -0.4 is 5.32 Å². The molecule has 4 heteroatoms. The number of hydrogen-bond acceptors (Lipinski definition) is 2. The summed E-state index contributed by atoms with van der Waals surface area (Å²) in [5.41, 5.74) is 1.45. The SMILES string of the molecule is CC(=O)N(CCC1=CCCCC1)CC(=O)NC1CCCC1. The highest BCUT2D eigenvalue weighted by molar-refractivity contribution is 5.83. The molecule has 2 aliphatic carbocycles. The van der Waals surface area contributed by atoms with Gasteiger partial charge in [-0.3, -0.25) is 9.59 Å². The van der Waals surface area contributed by atoms with Gasteiger partial charge in [-0.05, 0) is 44.9 Å². The van der Waals surface area contributed by atoms with Gasteiger partial charge >= 0.3 is 0 Å². The van der Waals surface area contributed by atoms with Gasteiger partial charge in [-0.1, -0.05) is 24.5 Å². The quantitative estimate of drug-likeness (QED) is 0.765. The molecule has 0 aromatic rings. The summed E-state index contributed by atoms with van der Waals surface area (Å²) in [6.45, 7) is 2.43. The number of amides is 2. The molecule has 0 atom stereocenters. The minimum absolute atomic E-state index is 0.00489. The van der Waals surface area contributed by atoms with Crippen LogP contribution in [0.3, 0.4) is 0 Å². The molecule has 0 bridgehead atoms. The second kappa shape index (κ2) is 8.20. The molecule has 2 rings (SSSR count). The normalized spacial score (nSPS) is 19.2. The van der Waals surface area contributed by atoms with E-state index in [1.54, 1.807) is 11.8 Å². The smallest absolute Gasteiger partial charge is 0.239 e. The van der Waals surface area contributed by atoms with Crippen molar-refractivity contribution in [1.82, 2.24) is 10.2 Å². The number of nitrogens with one attached hydrogen (secondary N) is 1.